The Kier molecular flexibility index (Phi) is 11.0. The maximum atomic E-state index is 13.1. The Morgan fingerprint density at radius 1 is 0.974 bits per heavy atom. The van der Waals surface area contributed by atoms with E-state index in [1.807, 2.05) is 18.2 Å². The van der Waals surface area contributed by atoms with E-state index in [9.17, 15) is 14.0 Å². The first-order valence-corrected chi connectivity index (χ1v) is 12.9. The van der Waals surface area contributed by atoms with Gasteiger partial charge in [-0.25, -0.2) is 9.82 Å². The number of hydrogen-bond donors (Lipinski definition) is 2. The van der Waals surface area contributed by atoms with Gasteiger partial charge in [-0.3, -0.25) is 9.59 Å². The quantitative estimate of drug-likeness (QED) is 0.244. The maximum absolute atomic E-state index is 13.1. The Bertz CT molecular complexity index is 1260. The summed E-state index contributed by atoms with van der Waals surface area (Å²) in [5, 5.41) is 7.07. The van der Waals surface area contributed by atoms with Crippen molar-refractivity contribution in [2.24, 2.45) is 5.10 Å². The lowest BCUT2D eigenvalue weighted by Crippen LogP contribution is -2.32. The summed E-state index contributed by atoms with van der Waals surface area (Å²) in [7, 11) is 2.06. The predicted octanol–water partition coefficient (Wildman–Crippen LogP) is 5.27. The maximum Gasteiger partial charge on any atom is 0.273 e. The lowest BCUT2D eigenvalue weighted by Gasteiger charge is -2.23. The highest BCUT2D eigenvalue weighted by Crippen LogP contribution is 2.22. The van der Waals surface area contributed by atoms with Gasteiger partial charge in [-0.15, -0.1) is 0 Å². The highest BCUT2D eigenvalue weighted by Gasteiger charge is 2.16. The average Bonchev–Trinajstić information content (AvgIpc) is 2.91. The molecule has 0 radical (unpaired) electrons. The molecule has 200 valence electrons. The molecule has 0 saturated heterocycles. The Morgan fingerprint density at radius 2 is 1.71 bits per heavy atom. The van der Waals surface area contributed by atoms with E-state index < -0.39 is 5.91 Å². The monoisotopic (exact) mass is 537 g/mol. The number of hydrogen-bond acceptors (Lipinski definition) is 5. The molecule has 0 unspecified atom stereocenters. The number of halogens is 2. The Morgan fingerprint density at radius 3 is 2.42 bits per heavy atom. The zero-order chi connectivity index (χ0) is 27.5. The van der Waals surface area contributed by atoms with Gasteiger partial charge in [0.05, 0.1) is 17.5 Å². The van der Waals surface area contributed by atoms with Crippen LogP contribution < -0.4 is 10.7 Å². The summed E-state index contributed by atoms with van der Waals surface area (Å²) in [6.45, 7) is 8.97. The molecule has 2 amide bonds. The topological polar surface area (TPSA) is 77.0 Å². The van der Waals surface area contributed by atoms with Gasteiger partial charge in [0.2, 0.25) is 0 Å². The molecule has 0 bridgehead atoms. The van der Waals surface area contributed by atoms with Crippen LogP contribution in [-0.4, -0.2) is 61.1 Å². The van der Waals surface area contributed by atoms with E-state index in [-0.39, 0.29) is 17.3 Å². The smallest absolute Gasteiger partial charge is 0.273 e. The molecule has 2 N–H and O–H groups in total. The van der Waals surface area contributed by atoms with Gasteiger partial charge in [0, 0.05) is 30.2 Å². The molecule has 3 rings (SSSR count). The predicted molar refractivity (Wildman–Crippen MR) is 151 cm³/mol. The van der Waals surface area contributed by atoms with Gasteiger partial charge in [-0.2, -0.15) is 5.10 Å². The Labute approximate surface area is 228 Å². The van der Waals surface area contributed by atoms with E-state index in [1.54, 1.807) is 18.2 Å². The number of likely N-dealkylation sites (N-methyl/N-ethyl adjacent to an activating group) is 2. The van der Waals surface area contributed by atoms with Crippen LogP contribution in [0.2, 0.25) is 5.02 Å². The second-order valence-electron chi connectivity index (χ2n) is 8.86. The highest BCUT2D eigenvalue weighted by atomic mass is 35.5. The van der Waals surface area contributed by atoms with Gasteiger partial charge >= 0.3 is 0 Å². The summed E-state index contributed by atoms with van der Waals surface area (Å²) < 4.78 is 13.1. The van der Waals surface area contributed by atoms with Crippen LogP contribution in [0.4, 0.5) is 10.1 Å². The van der Waals surface area contributed by atoms with Crippen molar-refractivity contribution in [3.63, 3.8) is 0 Å². The molecular weight excluding hydrogens is 505 g/mol. The van der Waals surface area contributed by atoms with Gasteiger partial charge < -0.3 is 15.1 Å². The van der Waals surface area contributed by atoms with Crippen molar-refractivity contribution in [3.8, 4) is 0 Å². The SMILES string of the molecule is CCN(CC)CCN(C)Cc1cccc(C(=O)Nc2ccc(Cl)cc2C(=O)N/N=C/c2ccc(F)cc2)c1. The molecule has 3 aromatic rings. The van der Waals surface area contributed by atoms with Crippen molar-refractivity contribution in [3.05, 3.63) is 99.8 Å². The molecule has 38 heavy (non-hydrogen) atoms. The lowest BCUT2D eigenvalue weighted by atomic mass is 10.1. The third-order valence-electron chi connectivity index (χ3n) is 6.06. The summed E-state index contributed by atoms with van der Waals surface area (Å²) in [6, 6.07) is 17.7. The van der Waals surface area contributed by atoms with E-state index in [1.165, 1.54) is 36.5 Å². The van der Waals surface area contributed by atoms with Gasteiger partial charge in [0.15, 0.2) is 0 Å². The molecule has 0 spiro atoms. The largest absolute Gasteiger partial charge is 0.321 e. The number of carbonyl (C=O) groups excluding carboxylic acids is 2. The van der Waals surface area contributed by atoms with E-state index in [0.717, 1.165) is 31.7 Å². The molecule has 0 fully saturated rings. The van der Waals surface area contributed by atoms with Crippen LogP contribution in [0, 0.1) is 5.82 Å². The molecule has 3 aromatic carbocycles. The van der Waals surface area contributed by atoms with E-state index in [2.05, 4.69) is 46.5 Å². The number of hydrazone groups is 1. The van der Waals surface area contributed by atoms with Crippen molar-refractivity contribution in [1.82, 2.24) is 15.2 Å². The summed E-state index contributed by atoms with van der Waals surface area (Å²) in [4.78, 5) is 30.5. The first-order chi connectivity index (χ1) is 18.3. The molecule has 0 heterocycles. The van der Waals surface area contributed by atoms with Crippen LogP contribution in [-0.2, 0) is 6.54 Å². The third kappa shape index (κ3) is 8.76. The Balaban J connectivity index is 1.66. The summed E-state index contributed by atoms with van der Waals surface area (Å²) in [5.74, 6) is -1.26. The molecule has 0 aliphatic rings. The van der Waals surface area contributed by atoms with Crippen molar-refractivity contribution >= 4 is 35.3 Å². The van der Waals surface area contributed by atoms with E-state index >= 15 is 0 Å². The number of nitrogens with zero attached hydrogens (tertiary/aromatic N) is 3. The zero-order valence-corrected chi connectivity index (χ0v) is 22.6. The second kappa shape index (κ2) is 14.4. The van der Waals surface area contributed by atoms with Crippen molar-refractivity contribution in [1.29, 1.82) is 0 Å². The number of carbonyl (C=O) groups is 2. The van der Waals surface area contributed by atoms with Gasteiger partial charge in [-0.05, 0) is 73.7 Å². The molecule has 9 heteroatoms. The third-order valence-corrected chi connectivity index (χ3v) is 6.29. The molecule has 0 aromatic heterocycles. The van der Waals surface area contributed by atoms with Crippen molar-refractivity contribution < 1.29 is 14.0 Å². The molecule has 0 atom stereocenters. The van der Waals surface area contributed by atoms with E-state index in [4.69, 9.17) is 11.6 Å². The zero-order valence-electron chi connectivity index (χ0n) is 21.9. The summed E-state index contributed by atoms with van der Waals surface area (Å²) in [5.41, 5.74) is 5.00. The number of amides is 2. The molecule has 0 aliphatic carbocycles. The standard InChI is InChI=1S/C29H33ClFN5O2/c1-4-36(5-2)16-15-35(3)20-22-7-6-8-23(17-22)28(37)33-27-14-11-24(30)18-26(27)29(38)34-32-19-21-9-12-25(31)13-10-21/h6-14,17-19H,4-5,15-16,20H2,1-3H3,(H,33,37)(H,34,38)/b32-19+. The minimum absolute atomic E-state index is 0.161. The van der Waals surface area contributed by atoms with Gasteiger partial charge in [0.25, 0.3) is 11.8 Å². The fourth-order valence-corrected chi connectivity index (χ4v) is 4.01. The van der Waals surface area contributed by atoms with E-state index in [0.29, 0.717) is 28.4 Å². The minimum Gasteiger partial charge on any atom is -0.321 e. The van der Waals surface area contributed by atoms with Crippen LogP contribution in [0.15, 0.2) is 71.8 Å². The molecule has 7 nitrogen and oxygen atoms in total. The summed E-state index contributed by atoms with van der Waals surface area (Å²) in [6.07, 6.45) is 1.39. The first-order valence-electron chi connectivity index (χ1n) is 12.5. The number of benzene rings is 3. The highest BCUT2D eigenvalue weighted by molar-refractivity contribution is 6.31. The van der Waals surface area contributed by atoms with Crippen LogP contribution in [0.5, 0.6) is 0 Å². The fourth-order valence-electron chi connectivity index (χ4n) is 3.84. The van der Waals surface area contributed by atoms with Gasteiger partial charge in [0.1, 0.15) is 5.82 Å². The summed E-state index contributed by atoms with van der Waals surface area (Å²) >= 11 is 6.12. The fraction of sp³-hybridized carbons (Fsp3) is 0.276. The first kappa shape index (κ1) is 29.0. The lowest BCUT2D eigenvalue weighted by molar-refractivity contribution is 0.0956. The van der Waals surface area contributed by atoms with Crippen LogP contribution >= 0.6 is 11.6 Å². The minimum atomic E-state index is -0.551. The molecular formula is C29H33ClFN5O2. The number of nitrogens with one attached hydrogen (secondary N) is 2. The number of anilines is 1. The van der Waals surface area contributed by atoms with Crippen LogP contribution in [0.1, 0.15) is 45.7 Å². The van der Waals surface area contributed by atoms with Gasteiger partial charge in [-0.1, -0.05) is 49.7 Å². The normalized spacial score (nSPS) is 11.3. The van der Waals surface area contributed by atoms with Crippen LogP contribution in [0.3, 0.4) is 0 Å². The molecule has 0 saturated carbocycles. The van der Waals surface area contributed by atoms with Crippen molar-refractivity contribution in [2.45, 2.75) is 20.4 Å². The van der Waals surface area contributed by atoms with Crippen molar-refractivity contribution in [2.75, 3.05) is 38.5 Å². The second-order valence-corrected chi connectivity index (χ2v) is 9.30. The number of rotatable bonds is 12. The molecule has 0 aliphatic heterocycles. The average molecular weight is 538 g/mol. The van der Waals surface area contributed by atoms with Crippen LogP contribution in [0.25, 0.3) is 0 Å². The Hall–Kier alpha value is -3.59.